The quantitative estimate of drug-likeness (QED) is 0.651. The van der Waals surface area contributed by atoms with Crippen LogP contribution in [0.25, 0.3) is 0 Å². The second-order valence-electron chi connectivity index (χ2n) is 4.06. The van der Waals surface area contributed by atoms with Crippen LogP contribution in [0.5, 0.6) is 0 Å². The monoisotopic (exact) mass is 155 g/mol. The maximum Gasteiger partial charge on any atom is 0.00390 e. The van der Waals surface area contributed by atoms with Crippen LogP contribution in [0.2, 0.25) is 0 Å². The summed E-state index contributed by atoms with van der Waals surface area (Å²) in [5, 5.41) is 0. The summed E-state index contributed by atoms with van der Waals surface area (Å²) in [7, 11) is 0. The Hall–Kier alpha value is -0.0400. The Morgan fingerprint density at radius 3 is 2.27 bits per heavy atom. The number of hydrogen-bond acceptors (Lipinski definition) is 1. The third kappa shape index (κ3) is 2.48. The van der Waals surface area contributed by atoms with Gasteiger partial charge in [0, 0.05) is 6.04 Å². The van der Waals surface area contributed by atoms with E-state index in [0.29, 0.717) is 6.04 Å². The van der Waals surface area contributed by atoms with Gasteiger partial charge < -0.3 is 5.73 Å². The Kier molecular flexibility index (Phi) is 3.38. The lowest BCUT2D eigenvalue weighted by atomic mass is 9.78. The van der Waals surface area contributed by atoms with Gasteiger partial charge >= 0.3 is 0 Å². The highest BCUT2D eigenvalue weighted by atomic mass is 14.6. The average molecular weight is 155 g/mol. The molecule has 1 atom stereocenters. The lowest BCUT2D eigenvalue weighted by Crippen LogP contribution is -2.28. The molecule has 1 saturated carbocycles. The van der Waals surface area contributed by atoms with Crippen LogP contribution in [-0.2, 0) is 0 Å². The van der Waals surface area contributed by atoms with Crippen LogP contribution < -0.4 is 5.73 Å². The summed E-state index contributed by atoms with van der Waals surface area (Å²) in [6.45, 7) is 4.67. The van der Waals surface area contributed by atoms with Crippen LogP contribution >= 0.6 is 0 Å². The van der Waals surface area contributed by atoms with Crippen LogP contribution in [0.15, 0.2) is 0 Å². The Balaban J connectivity index is 2.27. The first-order chi connectivity index (χ1) is 5.24. The molecule has 0 aromatic rings. The third-order valence-corrected chi connectivity index (χ3v) is 3.27. The molecule has 2 N–H and O–H groups in total. The van der Waals surface area contributed by atoms with E-state index in [0.717, 1.165) is 11.8 Å². The molecule has 1 heteroatoms. The maximum atomic E-state index is 5.84. The second kappa shape index (κ2) is 4.10. The first-order valence-electron chi connectivity index (χ1n) is 4.99. The summed E-state index contributed by atoms with van der Waals surface area (Å²) >= 11 is 0. The van der Waals surface area contributed by atoms with Crippen LogP contribution in [0.3, 0.4) is 0 Å². The van der Waals surface area contributed by atoms with Crippen LogP contribution in [0.1, 0.15) is 46.0 Å². The van der Waals surface area contributed by atoms with E-state index in [1.54, 1.807) is 0 Å². The minimum atomic E-state index is 0.510. The topological polar surface area (TPSA) is 26.0 Å². The van der Waals surface area contributed by atoms with Gasteiger partial charge in [0.15, 0.2) is 0 Å². The molecule has 0 radical (unpaired) electrons. The maximum absolute atomic E-state index is 5.84. The summed E-state index contributed by atoms with van der Waals surface area (Å²) in [6.07, 6.45) is 6.59. The Morgan fingerprint density at radius 1 is 1.27 bits per heavy atom. The van der Waals surface area contributed by atoms with Crippen molar-refractivity contribution in [2.45, 2.75) is 52.0 Å². The molecule has 0 amide bonds. The zero-order valence-electron chi connectivity index (χ0n) is 7.84. The van der Waals surface area contributed by atoms with Crippen molar-refractivity contribution in [2.75, 3.05) is 0 Å². The Labute approximate surface area is 70.4 Å². The van der Waals surface area contributed by atoms with E-state index in [1.165, 1.54) is 32.1 Å². The molecule has 0 bridgehead atoms. The fourth-order valence-electron chi connectivity index (χ4n) is 2.05. The molecule has 0 spiro atoms. The highest BCUT2D eigenvalue weighted by Crippen LogP contribution is 2.30. The number of hydrogen-bond donors (Lipinski definition) is 1. The smallest absolute Gasteiger partial charge is 0.00390 e. The molecule has 1 aliphatic rings. The van der Waals surface area contributed by atoms with E-state index in [2.05, 4.69) is 13.8 Å². The highest BCUT2D eigenvalue weighted by molar-refractivity contribution is 4.76. The summed E-state index contributed by atoms with van der Waals surface area (Å²) in [5.74, 6) is 1.89. The first-order valence-corrected chi connectivity index (χ1v) is 4.99. The standard InChI is InChI=1S/C10H21N/c1-3-8(2)9-4-6-10(11)7-5-9/h8-10H,3-7,11H2,1-2H3/t8?,9-,10-. The van der Waals surface area contributed by atoms with E-state index in [-0.39, 0.29) is 0 Å². The number of rotatable bonds is 2. The number of nitrogens with two attached hydrogens (primary N) is 1. The molecule has 1 rings (SSSR count). The lowest BCUT2D eigenvalue weighted by molar-refractivity contribution is 0.241. The summed E-state index contributed by atoms with van der Waals surface area (Å²) in [4.78, 5) is 0. The summed E-state index contributed by atoms with van der Waals surface area (Å²) in [5.41, 5.74) is 5.84. The Bertz CT molecular complexity index is 103. The van der Waals surface area contributed by atoms with Crippen molar-refractivity contribution in [3.63, 3.8) is 0 Å². The molecule has 66 valence electrons. The van der Waals surface area contributed by atoms with Crippen molar-refractivity contribution in [1.29, 1.82) is 0 Å². The SMILES string of the molecule is CCC(C)[C@H]1CC[C@H](N)CC1. The minimum absolute atomic E-state index is 0.510. The van der Waals surface area contributed by atoms with Gasteiger partial charge in [-0.2, -0.15) is 0 Å². The first kappa shape index (κ1) is 9.05. The summed E-state index contributed by atoms with van der Waals surface area (Å²) < 4.78 is 0. The molecule has 0 aromatic carbocycles. The van der Waals surface area contributed by atoms with E-state index >= 15 is 0 Å². The second-order valence-corrected chi connectivity index (χ2v) is 4.06. The lowest BCUT2D eigenvalue weighted by Gasteiger charge is -2.29. The fourth-order valence-corrected chi connectivity index (χ4v) is 2.05. The normalized spacial score (nSPS) is 35.2. The van der Waals surface area contributed by atoms with E-state index in [1.807, 2.05) is 0 Å². The Morgan fingerprint density at radius 2 is 1.82 bits per heavy atom. The van der Waals surface area contributed by atoms with Crippen LogP contribution in [0.4, 0.5) is 0 Å². The van der Waals surface area contributed by atoms with Crippen LogP contribution in [-0.4, -0.2) is 6.04 Å². The molecule has 1 fully saturated rings. The van der Waals surface area contributed by atoms with E-state index in [9.17, 15) is 0 Å². The van der Waals surface area contributed by atoms with Crippen molar-refractivity contribution in [2.24, 2.45) is 17.6 Å². The van der Waals surface area contributed by atoms with Gasteiger partial charge in [0.05, 0.1) is 0 Å². The van der Waals surface area contributed by atoms with E-state index < -0.39 is 0 Å². The van der Waals surface area contributed by atoms with Crippen molar-refractivity contribution >= 4 is 0 Å². The molecule has 11 heavy (non-hydrogen) atoms. The minimum Gasteiger partial charge on any atom is -0.328 e. The zero-order chi connectivity index (χ0) is 8.27. The van der Waals surface area contributed by atoms with Gasteiger partial charge in [-0.15, -0.1) is 0 Å². The fraction of sp³-hybridized carbons (Fsp3) is 1.00. The van der Waals surface area contributed by atoms with Gasteiger partial charge in [0.1, 0.15) is 0 Å². The van der Waals surface area contributed by atoms with Crippen molar-refractivity contribution in [3.8, 4) is 0 Å². The van der Waals surface area contributed by atoms with Gasteiger partial charge in [-0.25, -0.2) is 0 Å². The van der Waals surface area contributed by atoms with Gasteiger partial charge in [-0.3, -0.25) is 0 Å². The molecular weight excluding hydrogens is 134 g/mol. The van der Waals surface area contributed by atoms with Gasteiger partial charge in [-0.1, -0.05) is 20.3 Å². The highest BCUT2D eigenvalue weighted by Gasteiger charge is 2.21. The van der Waals surface area contributed by atoms with Crippen molar-refractivity contribution < 1.29 is 0 Å². The van der Waals surface area contributed by atoms with Gasteiger partial charge in [0.25, 0.3) is 0 Å². The predicted molar refractivity (Wildman–Crippen MR) is 49.4 cm³/mol. The molecule has 0 saturated heterocycles. The third-order valence-electron chi connectivity index (χ3n) is 3.27. The molecule has 1 nitrogen and oxygen atoms in total. The van der Waals surface area contributed by atoms with E-state index in [4.69, 9.17) is 5.73 Å². The molecule has 0 aliphatic heterocycles. The van der Waals surface area contributed by atoms with Crippen LogP contribution in [0, 0.1) is 11.8 Å². The largest absolute Gasteiger partial charge is 0.328 e. The molecule has 0 heterocycles. The van der Waals surface area contributed by atoms with Gasteiger partial charge in [-0.05, 0) is 37.5 Å². The average Bonchev–Trinajstić information content (AvgIpc) is 2.05. The van der Waals surface area contributed by atoms with Crippen molar-refractivity contribution in [1.82, 2.24) is 0 Å². The molecular formula is C10H21N. The molecule has 1 aliphatic carbocycles. The van der Waals surface area contributed by atoms with Crippen molar-refractivity contribution in [3.05, 3.63) is 0 Å². The molecule has 1 unspecified atom stereocenters. The summed E-state index contributed by atoms with van der Waals surface area (Å²) in [6, 6.07) is 0.510. The predicted octanol–water partition coefficient (Wildman–Crippen LogP) is 2.55. The zero-order valence-corrected chi connectivity index (χ0v) is 7.84. The van der Waals surface area contributed by atoms with Gasteiger partial charge in [0.2, 0.25) is 0 Å². The molecule has 0 aromatic heterocycles.